The molecule has 0 aliphatic carbocycles. The summed E-state index contributed by atoms with van der Waals surface area (Å²) in [6.07, 6.45) is 1.95. The monoisotopic (exact) mass is 115 g/mol. The molecule has 0 N–H and O–H groups in total. The van der Waals surface area contributed by atoms with E-state index in [2.05, 4.69) is 0 Å². The van der Waals surface area contributed by atoms with Gasteiger partial charge in [-0.25, -0.2) is 5.11 Å². The van der Waals surface area contributed by atoms with Crippen molar-refractivity contribution in [2.75, 3.05) is 19.8 Å². The van der Waals surface area contributed by atoms with Gasteiger partial charge in [-0.3, -0.25) is 0 Å². The molecule has 1 saturated heterocycles. The Kier molecular flexibility index (Phi) is 2.30. The SMILES string of the molecule is [O]CC1CCOCC1. The van der Waals surface area contributed by atoms with Crippen molar-refractivity contribution in [1.29, 1.82) is 0 Å². The molecule has 0 saturated carbocycles. The number of hydrogen-bond donors (Lipinski definition) is 0. The molecule has 0 aromatic rings. The highest BCUT2D eigenvalue weighted by Gasteiger charge is 2.11. The van der Waals surface area contributed by atoms with Crippen LogP contribution in [0.15, 0.2) is 0 Å². The molecule has 1 rings (SSSR count). The molecular weight excluding hydrogens is 104 g/mol. The molecule has 1 fully saturated rings. The largest absolute Gasteiger partial charge is 0.381 e. The Morgan fingerprint density at radius 1 is 1.38 bits per heavy atom. The lowest BCUT2D eigenvalue weighted by atomic mass is 10.0. The van der Waals surface area contributed by atoms with Gasteiger partial charge in [-0.1, -0.05) is 0 Å². The first-order valence-electron chi connectivity index (χ1n) is 3.09. The molecule has 47 valence electrons. The molecule has 1 radical (unpaired) electrons. The molecule has 2 heteroatoms. The quantitative estimate of drug-likeness (QED) is 0.498. The standard InChI is InChI=1S/C6H11O2/c7-5-6-1-3-8-4-2-6/h6H,1-5H2. The van der Waals surface area contributed by atoms with Crippen LogP contribution in [0.4, 0.5) is 0 Å². The van der Waals surface area contributed by atoms with Crippen molar-refractivity contribution >= 4 is 0 Å². The van der Waals surface area contributed by atoms with E-state index in [4.69, 9.17) is 4.74 Å². The molecule has 1 heterocycles. The molecular formula is C6H11O2. The fourth-order valence-corrected chi connectivity index (χ4v) is 0.913. The molecule has 8 heavy (non-hydrogen) atoms. The van der Waals surface area contributed by atoms with Crippen molar-refractivity contribution < 1.29 is 9.84 Å². The van der Waals surface area contributed by atoms with Crippen molar-refractivity contribution in [1.82, 2.24) is 0 Å². The van der Waals surface area contributed by atoms with Gasteiger partial charge in [0.1, 0.15) is 0 Å². The Morgan fingerprint density at radius 2 is 2.00 bits per heavy atom. The third kappa shape index (κ3) is 1.46. The first-order valence-corrected chi connectivity index (χ1v) is 3.09. The van der Waals surface area contributed by atoms with Crippen LogP contribution >= 0.6 is 0 Å². The van der Waals surface area contributed by atoms with Crippen LogP contribution in [0, 0.1) is 5.92 Å². The highest BCUT2D eigenvalue weighted by Crippen LogP contribution is 2.12. The van der Waals surface area contributed by atoms with Gasteiger partial charge in [0.2, 0.25) is 0 Å². The number of rotatable bonds is 1. The summed E-state index contributed by atoms with van der Waals surface area (Å²) >= 11 is 0. The van der Waals surface area contributed by atoms with Gasteiger partial charge in [0, 0.05) is 13.2 Å². The van der Waals surface area contributed by atoms with E-state index in [-0.39, 0.29) is 6.61 Å². The van der Waals surface area contributed by atoms with E-state index in [0.29, 0.717) is 5.92 Å². The van der Waals surface area contributed by atoms with Crippen LogP contribution in [0.25, 0.3) is 0 Å². The zero-order valence-electron chi connectivity index (χ0n) is 4.93. The number of hydrogen-bond acceptors (Lipinski definition) is 1. The van der Waals surface area contributed by atoms with E-state index in [0.717, 1.165) is 26.1 Å². The Balaban J connectivity index is 2.13. The van der Waals surface area contributed by atoms with Gasteiger partial charge in [0.05, 0.1) is 6.61 Å². The maximum atomic E-state index is 10.2. The maximum Gasteiger partial charge on any atom is 0.0852 e. The Hall–Kier alpha value is -0.0800. The van der Waals surface area contributed by atoms with Crippen LogP contribution in [0.5, 0.6) is 0 Å². The summed E-state index contributed by atoms with van der Waals surface area (Å²) in [5.74, 6) is 0.406. The van der Waals surface area contributed by atoms with Crippen molar-refractivity contribution in [2.24, 2.45) is 5.92 Å². The Labute approximate surface area is 49.5 Å². The zero-order valence-corrected chi connectivity index (χ0v) is 4.93. The van der Waals surface area contributed by atoms with E-state index in [1.807, 2.05) is 0 Å². The normalized spacial score (nSPS) is 23.6. The first-order chi connectivity index (χ1) is 3.93. The summed E-state index contributed by atoms with van der Waals surface area (Å²) in [6, 6.07) is 0. The molecule has 0 unspecified atom stereocenters. The minimum Gasteiger partial charge on any atom is -0.381 e. The molecule has 0 atom stereocenters. The highest BCUT2D eigenvalue weighted by molar-refractivity contribution is 4.60. The molecule has 0 spiro atoms. The van der Waals surface area contributed by atoms with Crippen LogP contribution in [-0.4, -0.2) is 19.8 Å². The van der Waals surface area contributed by atoms with Crippen LogP contribution in [0.1, 0.15) is 12.8 Å². The summed E-state index contributed by atoms with van der Waals surface area (Å²) in [6.45, 7) is 1.68. The molecule has 0 amide bonds. The summed E-state index contributed by atoms with van der Waals surface area (Å²) in [5.41, 5.74) is 0. The summed E-state index contributed by atoms with van der Waals surface area (Å²) in [4.78, 5) is 0. The summed E-state index contributed by atoms with van der Waals surface area (Å²) < 4.78 is 5.06. The minimum absolute atomic E-state index is 0.0867. The second-order valence-electron chi connectivity index (χ2n) is 2.22. The third-order valence-corrected chi connectivity index (χ3v) is 1.58. The van der Waals surface area contributed by atoms with Crippen LogP contribution in [0.2, 0.25) is 0 Å². The van der Waals surface area contributed by atoms with Crippen molar-refractivity contribution in [3.63, 3.8) is 0 Å². The van der Waals surface area contributed by atoms with Gasteiger partial charge in [-0.05, 0) is 18.8 Å². The predicted octanol–water partition coefficient (Wildman–Crippen LogP) is 0.844. The molecule has 0 aromatic heterocycles. The van der Waals surface area contributed by atoms with Gasteiger partial charge in [-0.2, -0.15) is 0 Å². The lowest BCUT2D eigenvalue weighted by Crippen LogP contribution is -2.17. The average molecular weight is 115 g/mol. The van der Waals surface area contributed by atoms with Crippen LogP contribution in [0.3, 0.4) is 0 Å². The van der Waals surface area contributed by atoms with Gasteiger partial charge in [0.15, 0.2) is 0 Å². The summed E-state index contributed by atoms with van der Waals surface area (Å²) in [5, 5.41) is 10.2. The Morgan fingerprint density at radius 3 is 2.38 bits per heavy atom. The fraction of sp³-hybridized carbons (Fsp3) is 1.00. The lowest BCUT2D eigenvalue weighted by Gasteiger charge is -2.18. The van der Waals surface area contributed by atoms with E-state index in [1.54, 1.807) is 0 Å². The van der Waals surface area contributed by atoms with Gasteiger partial charge < -0.3 is 4.74 Å². The predicted molar refractivity (Wildman–Crippen MR) is 29.1 cm³/mol. The second kappa shape index (κ2) is 3.05. The van der Waals surface area contributed by atoms with Crippen molar-refractivity contribution in [3.05, 3.63) is 0 Å². The third-order valence-electron chi connectivity index (χ3n) is 1.58. The van der Waals surface area contributed by atoms with E-state index in [1.165, 1.54) is 0 Å². The summed E-state index contributed by atoms with van der Waals surface area (Å²) in [7, 11) is 0. The molecule has 1 aliphatic rings. The molecule has 0 aromatic carbocycles. The van der Waals surface area contributed by atoms with Crippen molar-refractivity contribution in [2.45, 2.75) is 12.8 Å². The average Bonchev–Trinajstić information content (AvgIpc) is 1.90. The van der Waals surface area contributed by atoms with Crippen LogP contribution in [-0.2, 0) is 9.84 Å². The van der Waals surface area contributed by atoms with Gasteiger partial charge >= 0.3 is 0 Å². The topological polar surface area (TPSA) is 29.1 Å². The maximum absolute atomic E-state index is 10.2. The van der Waals surface area contributed by atoms with E-state index >= 15 is 0 Å². The second-order valence-corrected chi connectivity index (χ2v) is 2.22. The lowest BCUT2D eigenvalue weighted by molar-refractivity contribution is 0.0294. The van der Waals surface area contributed by atoms with E-state index in [9.17, 15) is 5.11 Å². The molecule has 1 aliphatic heterocycles. The first kappa shape index (κ1) is 6.05. The van der Waals surface area contributed by atoms with Gasteiger partial charge in [0.25, 0.3) is 0 Å². The van der Waals surface area contributed by atoms with Gasteiger partial charge in [-0.15, -0.1) is 0 Å². The number of ether oxygens (including phenoxy) is 1. The smallest absolute Gasteiger partial charge is 0.0852 e. The molecule has 2 nitrogen and oxygen atoms in total. The van der Waals surface area contributed by atoms with Crippen molar-refractivity contribution in [3.8, 4) is 0 Å². The zero-order chi connectivity index (χ0) is 5.82. The minimum atomic E-state index is 0.0867. The highest BCUT2D eigenvalue weighted by atomic mass is 16.5. The van der Waals surface area contributed by atoms with Crippen LogP contribution < -0.4 is 0 Å². The van der Waals surface area contributed by atoms with E-state index < -0.39 is 0 Å². The molecule has 0 bridgehead atoms. The fourth-order valence-electron chi connectivity index (χ4n) is 0.913. The Bertz CT molecular complexity index is 57.5.